The van der Waals surface area contributed by atoms with E-state index in [4.69, 9.17) is 25.1 Å². The Hall–Kier alpha value is -0.0100. The fraction of sp³-hybridized carbons (Fsp3) is 1.00. The predicted octanol–water partition coefficient (Wildman–Crippen LogP) is -2.27. The molecule has 0 unspecified atom stereocenters. The second kappa shape index (κ2) is 2.93. The maximum Gasteiger partial charge on any atom is 0.469 e. The van der Waals surface area contributed by atoms with Crippen molar-refractivity contribution in [2.75, 3.05) is 6.61 Å². The first-order valence-electron chi connectivity index (χ1n) is 2.08. The molecule has 0 aliphatic carbocycles. The van der Waals surface area contributed by atoms with Gasteiger partial charge < -0.3 is 25.1 Å². The molecule has 0 saturated heterocycles. The van der Waals surface area contributed by atoms with Gasteiger partial charge in [-0.05, 0) is 0 Å². The molecule has 0 heterocycles. The zero-order valence-electron chi connectivity index (χ0n) is 4.71. The molecule has 0 radical (unpaired) electrons. The monoisotopic (exact) mass is 174 g/mol. The summed E-state index contributed by atoms with van der Waals surface area (Å²) in [5.74, 6) is -3.21. The van der Waals surface area contributed by atoms with Crippen molar-refractivity contribution in [3.05, 3.63) is 0 Å². The zero-order valence-corrected chi connectivity index (χ0v) is 5.60. The van der Waals surface area contributed by atoms with Gasteiger partial charge in [0, 0.05) is 0 Å². The average Bonchev–Trinajstić information content (AvgIpc) is 1.57. The van der Waals surface area contributed by atoms with E-state index >= 15 is 0 Å². The molecule has 62 valence electrons. The molecule has 0 aromatic carbocycles. The van der Waals surface area contributed by atoms with Gasteiger partial charge >= 0.3 is 13.8 Å². The smallest absolute Gasteiger partial charge is 0.342 e. The summed E-state index contributed by atoms with van der Waals surface area (Å²) in [6.07, 6.45) is 0. The van der Waals surface area contributed by atoms with Crippen molar-refractivity contribution >= 4 is 7.82 Å². The molecule has 0 aliphatic rings. The molecule has 0 bridgehead atoms. The molecular weight excluding hydrogens is 167 g/mol. The lowest BCUT2D eigenvalue weighted by Gasteiger charge is -2.13. The van der Waals surface area contributed by atoms with Crippen LogP contribution in [0.1, 0.15) is 0 Å². The van der Waals surface area contributed by atoms with Gasteiger partial charge in [-0.3, -0.25) is 4.52 Å². The van der Waals surface area contributed by atoms with E-state index in [0.717, 1.165) is 0 Å². The van der Waals surface area contributed by atoms with Crippen LogP contribution in [-0.2, 0) is 9.09 Å². The molecule has 0 spiro atoms. The van der Waals surface area contributed by atoms with Crippen molar-refractivity contribution in [3.63, 3.8) is 0 Å². The number of rotatable bonds is 3. The Labute approximate surface area is 55.7 Å². The van der Waals surface area contributed by atoms with Gasteiger partial charge in [0.05, 0.1) is 0 Å². The Morgan fingerprint density at radius 2 is 1.70 bits per heavy atom. The Kier molecular flexibility index (Phi) is 2.93. The third-order valence-electron chi connectivity index (χ3n) is 0.426. The topological polar surface area (TPSA) is 127 Å². The molecule has 0 saturated carbocycles. The quantitative estimate of drug-likeness (QED) is 0.241. The maximum atomic E-state index is 9.82. The van der Waals surface area contributed by atoms with Crippen LogP contribution in [0.4, 0.5) is 0 Å². The molecule has 0 fully saturated rings. The Morgan fingerprint density at radius 3 is 1.80 bits per heavy atom. The highest BCUT2D eigenvalue weighted by Crippen LogP contribution is 2.36. The Bertz CT molecular complexity index is 140. The van der Waals surface area contributed by atoms with Gasteiger partial charge in [-0.15, -0.1) is 0 Å². The lowest BCUT2D eigenvalue weighted by Crippen LogP contribution is -2.32. The number of phosphoric ester groups is 1. The second-order valence-corrected chi connectivity index (χ2v) is 2.78. The number of aliphatic hydroxyl groups is 3. The van der Waals surface area contributed by atoms with E-state index < -0.39 is 20.4 Å². The van der Waals surface area contributed by atoms with Gasteiger partial charge in [-0.1, -0.05) is 0 Å². The lowest BCUT2D eigenvalue weighted by atomic mass is 10.6. The van der Waals surface area contributed by atoms with Crippen LogP contribution in [0.15, 0.2) is 0 Å². The molecule has 0 aliphatic heterocycles. The third-order valence-corrected chi connectivity index (χ3v) is 0.892. The minimum Gasteiger partial charge on any atom is -0.342 e. The summed E-state index contributed by atoms with van der Waals surface area (Å²) in [7, 11) is -4.74. The van der Waals surface area contributed by atoms with Crippen LogP contribution in [0.25, 0.3) is 0 Å². The van der Waals surface area contributed by atoms with Crippen LogP contribution in [0.2, 0.25) is 0 Å². The molecule has 0 aromatic heterocycles. The predicted molar refractivity (Wildman–Crippen MR) is 27.4 cm³/mol. The summed E-state index contributed by atoms with van der Waals surface area (Å²) < 4.78 is 13.3. The molecule has 8 heteroatoms. The summed E-state index contributed by atoms with van der Waals surface area (Å²) in [5.41, 5.74) is 0. The van der Waals surface area contributed by atoms with Crippen LogP contribution in [-0.4, -0.2) is 37.7 Å². The minimum atomic E-state index is -4.74. The zero-order chi connectivity index (χ0) is 8.41. The first-order valence-corrected chi connectivity index (χ1v) is 3.61. The van der Waals surface area contributed by atoms with Gasteiger partial charge in [0.15, 0.2) is 0 Å². The van der Waals surface area contributed by atoms with E-state index in [1.165, 1.54) is 0 Å². The molecule has 0 atom stereocenters. The fourth-order valence-corrected chi connectivity index (χ4v) is 0.512. The number of hydrogen-bond acceptors (Lipinski definition) is 5. The summed E-state index contributed by atoms with van der Waals surface area (Å²) in [4.78, 5) is 15.9. The van der Waals surface area contributed by atoms with Gasteiger partial charge in [-0.25, -0.2) is 4.57 Å². The van der Waals surface area contributed by atoms with E-state index in [1.54, 1.807) is 0 Å². The Morgan fingerprint density at radius 1 is 1.30 bits per heavy atom. The number of phosphoric acid groups is 1. The van der Waals surface area contributed by atoms with E-state index in [2.05, 4.69) is 4.52 Å². The van der Waals surface area contributed by atoms with Crippen LogP contribution in [0.5, 0.6) is 0 Å². The van der Waals surface area contributed by atoms with Gasteiger partial charge in [0.25, 0.3) is 0 Å². The van der Waals surface area contributed by atoms with Crippen LogP contribution < -0.4 is 0 Å². The molecule has 7 nitrogen and oxygen atoms in total. The summed E-state index contributed by atoms with van der Waals surface area (Å²) in [6, 6.07) is 0. The standard InChI is InChI=1S/C2H7O7P/c3-2(4,5)1-9-10(6,7)8/h3-5H,1H2,(H2,6,7,8). The number of hydrogen-bond donors (Lipinski definition) is 5. The van der Waals surface area contributed by atoms with Crippen molar-refractivity contribution in [2.24, 2.45) is 0 Å². The first kappa shape index (κ1) is 9.99. The molecule has 10 heavy (non-hydrogen) atoms. The van der Waals surface area contributed by atoms with Gasteiger partial charge in [0.1, 0.15) is 6.61 Å². The van der Waals surface area contributed by atoms with Crippen molar-refractivity contribution < 1.29 is 34.2 Å². The molecule has 0 rings (SSSR count). The molecule has 0 aromatic rings. The Balaban J connectivity index is 3.67. The van der Waals surface area contributed by atoms with Gasteiger partial charge in [0.2, 0.25) is 0 Å². The van der Waals surface area contributed by atoms with Crippen LogP contribution >= 0.6 is 7.82 Å². The van der Waals surface area contributed by atoms with E-state index in [1.807, 2.05) is 0 Å². The molecule has 5 N–H and O–H groups in total. The van der Waals surface area contributed by atoms with E-state index in [-0.39, 0.29) is 0 Å². The van der Waals surface area contributed by atoms with E-state index in [9.17, 15) is 4.57 Å². The highest BCUT2D eigenvalue weighted by Gasteiger charge is 2.24. The first-order chi connectivity index (χ1) is 4.21. The molecule has 0 amide bonds. The van der Waals surface area contributed by atoms with Crippen molar-refractivity contribution in [2.45, 2.75) is 5.97 Å². The van der Waals surface area contributed by atoms with Crippen molar-refractivity contribution in [1.82, 2.24) is 0 Å². The fourth-order valence-electron chi connectivity index (χ4n) is 0.171. The maximum absolute atomic E-state index is 9.82. The summed E-state index contributed by atoms with van der Waals surface area (Å²) >= 11 is 0. The largest absolute Gasteiger partial charge is 0.469 e. The molecular formula is C2H7O7P. The highest BCUT2D eigenvalue weighted by atomic mass is 31.2. The lowest BCUT2D eigenvalue weighted by molar-refractivity contribution is -0.323. The average molecular weight is 174 g/mol. The third kappa shape index (κ3) is 7.99. The summed E-state index contributed by atoms with van der Waals surface area (Å²) in [5, 5.41) is 24.1. The highest BCUT2D eigenvalue weighted by molar-refractivity contribution is 7.46. The normalized spacial score (nSPS) is 13.7. The van der Waals surface area contributed by atoms with Crippen LogP contribution in [0.3, 0.4) is 0 Å². The SMILES string of the molecule is O=P(O)(O)OCC(O)(O)O. The van der Waals surface area contributed by atoms with E-state index in [0.29, 0.717) is 0 Å². The van der Waals surface area contributed by atoms with Crippen LogP contribution in [0, 0.1) is 0 Å². The van der Waals surface area contributed by atoms with Gasteiger partial charge in [-0.2, -0.15) is 0 Å². The summed E-state index contributed by atoms with van der Waals surface area (Å²) in [6.45, 7) is -1.27. The van der Waals surface area contributed by atoms with Crippen molar-refractivity contribution in [3.8, 4) is 0 Å². The minimum absolute atomic E-state index is 1.27. The second-order valence-electron chi connectivity index (χ2n) is 1.54. The van der Waals surface area contributed by atoms with Crippen molar-refractivity contribution in [1.29, 1.82) is 0 Å².